The Morgan fingerprint density at radius 2 is 1.64 bits per heavy atom. The first-order chi connectivity index (χ1) is 12.0. The molecule has 1 aliphatic rings. The van der Waals surface area contributed by atoms with Gasteiger partial charge >= 0.3 is 0 Å². The van der Waals surface area contributed by atoms with Crippen LogP contribution in [0.15, 0.2) is 60.7 Å². The van der Waals surface area contributed by atoms with Crippen molar-refractivity contribution in [3.63, 3.8) is 0 Å². The predicted octanol–water partition coefficient (Wildman–Crippen LogP) is 2.75. The maximum absolute atomic E-state index is 11.9. The molecule has 0 bridgehead atoms. The molecule has 3 rings (SSSR count). The van der Waals surface area contributed by atoms with Crippen LogP contribution in [0.3, 0.4) is 0 Å². The van der Waals surface area contributed by atoms with Crippen LogP contribution in [0.5, 0.6) is 0 Å². The summed E-state index contributed by atoms with van der Waals surface area (Å²) in [5.74, 6) is 0.414. The lowest BCUT2D eigenvalue weighted by atomic mass is 10.1. The molecule has 0 saturated carbocycles. The summed E-state index contributed by atoms with van der Waals surface area (Å²) in [4.78, 5) is 2.03. The number of sulfone groups is 1. The second-order valence-corrected chi connectivity index (χ2v) is 8.93. The first-order valence-electron chi connectivity index (χ1n) is 8.36. The highest BCUT2D eigenvalue weighted by atomic mass is 32.2. The van der Waals surface area contributed by atoms with Gasteiger partial charge in [0.15, 0.2) is 14.9 Å². The van der Waals surface area contributed by atoms with Crippen molar-refractivity contribution in [3.8, 4) is 0 Å². The van der Waals surface area contributed by atoms with Gasteiger partial charge in [-0.1, -0.05) is 60.7 Å². The molecule has 1 fully saturated rings. The van der Waals surface area contributed by atoms with Crippen molar-refractivity contribution < 1.29 is 8.42 Å². The largest absolute Gasteiger partial charge is 0.358 e. The van der Waals surface area contributed by atoms with Crippen molar-refractivity contribution in [2.24, 2.45) is 0 Å². The van der Waals surface area contributed by atoms with Crippen LogP contribution in [0, 0.1) is 0 Å². The molecule has 2 aromatic rings. The van der Waals surface area contributed by atoms with Crippen LogP contribution >= 0.6 is 12.2 Å². The van der Waals surface area contributed by atoms with Gasteiger partial charge in [0.1, 0.15) is 0 Å². The molecule has 0 amide bonds. The number of nitrogens with zero attached hydrogens (tertiary/aromatic N) is 1. The molecule has 0 unspecified atom stereocenters. The summed E-state index contributed by atoms with van der Waals surface area (Å²) in [5, 5.41) is 3.89. The number of rotatable bonds is 5. The lowest BCUT2D eigenvalue weighted by molar-refractivity contribution is 0.322. The van der Waals surface area contributed by atoms with E-state index in [-0.39, 0.29) is 17.5 Å². The third-order valence-electron chi connectivity index (χ3n) is 4.39. The van der Waals surface area contributed by atoms with E-state index in [9.17, 15) is 8.42 Å². The molecule has 1 heterocycles. The first kappa shape index (κ1) is 17.9. The summed E-state index contributed by atoms with van der Waals surface area (Å²) in [5.41, 5.74) is 2.26. The van der Waals surface area contributed by atoms with E-state index < -0.39 is 9.84 Å². The Kier molecular flexibility index (Phi) is 5.71. The summed E-state index contributed by atoms with van der Waals surface area (Å²) in [6.07, 6.45) is 0.627. The highest BCUT2D eigenvalue weighted by molar-refractivity contribution is 7.91. The normalized spacial score (nSPS) is 18.6. The van der Waals surface area contributed by atoms with Gasteiger partial charge in [0, 0.05) is 19.1 Å². The first-order valence-corrected chi connectivity index (χ1v) is 10.6. The summed E-state index contributed by atoms with van der Waals surface area (Å²) < 4.78 is 23.8. The lowest BCUT2D eigenvalue weighted by Gasteiger charge is -2.31. The molecule has 6 heteroatoms. The van der Waals surface area contributed by atoms with Crippen LogP contribution in [0.2, 0.25) is 0 Å². The average Bonchev–Trinajstić information content (AvgIpc) is 2.99. The van der Waals surface area contributed by atoms with Gasteiger partial charge in [-0.05, 0) is 29.8 Å². The van der Waals surface area contributed by atoms with Gasteiger partial charge in [-0.3, -0.25) is 0 Å². The van der Waals surface area contributed by atoms with Gasteiger partial charge in [0.25, 0.3) is 0 Å². The molecule has 0 spiro atoms. The lowest BCUT2D eigenvalue weighted by Crippen LogP contribution is -2.45. The van der Waals surface area contributed by atoms with E-state index in [1.54, 1.807) is 0 Å². The zero-order chi connectivity index (χ0) is 17.7. The third-order valence-corrected chi connectivity index (χ3v) is 6.52. The number of nitrogens with one attached hydrogen (secondary N) is 1. The maximum atomic E-state index is 11.9. The second kappa shape index (κ2) is 7.97. The number of thiocarbonyl (C=S) groups is 1. The van der Waals surface area contributed by atoms with E-state index in [2.05, 4.69) is 5.32 Å². The Bertz CT molecular complexity index is 808. The Labute approximate surface area is 154 Å². The molecule has 0 aromatic heterocycles. The number of hydrogen-bond donors (Lipinski definition) is 1. The molecule has 1 atom stereocenters. The van der Waals surface area contributed by atoms with Gasteiger partial charge in [0.2, 0.25) is 0 Å². The van der Waals surface area contributed by atoms with Crippen LogP contribution in [-0.4, -0.2) is 36.0 Å². The zero-order valence-electron chi connectivity index (χ0n) is 14.0. The van der Waals surface area contributed by atoms with Crippen molar-refractivity contribution in [2.45, 2.75) is 25.6 Å². The Morgan fingerprint density at radius 3 is 2.20 bits per heavy atom. The SMILES string of the molecule is O=S1(=O)CC[C@H](N(Cc2ccccc2)C(=S)NCc2ccccc2)C1. The van der Waals surface area contributed by atoms with Gasteiger partial charge < -0.3 is 10.2 Å². The average molecular weight is 375 g/mol. The smallest absolute Gasteiger partial charge is 0.169 e. The Hall–Kier alpha value is -1.92. The molecule has 132 valence electrons. The third kappa shape index (κ3) is 5.03. The Morgan fingerprint density at radius 1 is 1.04 bits per heavy atom. The molecule has 2 aromatic carbocycles. The van der Waals surface area contributed by atoms with E-state index in [1.165, 1.54) is 0 Å². The maximum Gasteiger partial charge on any atom is 0.169 e. The minimum absolute atomic E-state index is 0.0685. The fraction of sp³-hybridized carbons (Fsp3) is 0.316. The van der Waals surface area contributed by atoms with E-state index in [1.807, 2.05) is 65.6 Å². The quantitative estimate of drug-likeness (QED) is 0.816. The van der Waals surface area contributed by atoms with E-state index in [0.717, 1.165) is 11.1 Å². The van der Waals surface area contributed by atoms with Gasteiger partial charge in [-0.15, -0.1) is 0 Å². The molecular weight excluding hydrogens is 352 g/mol. The van der Waals surface area contributed by atoms with Crippen LogP contribution in [0.4, 0.5) is 0 Å². The predicted molar refractivity (Wildman–Crippen MR) is 105 cm³/mol. The molecule has 1 saturated heterocycles. The standard InChI is InChI=1S/C19H22N2O2S2/c22-25(23)12-11-18(15-25)21(14-17-9-5-2-6-10-17)19(24)20-13-16-7-3-1-4-8-16/h1-10,18H,11-15H2,(H,20,24)/t18-/m0/s1. The van der Waals surface area contributed by atoms with E-state index in [0.29, 0.717) is 24.6 Å². The minimum atomic E-state index is -2.96. The highest BCUT2D eigenvalue weighted by Crippen LogP contribution is 2.20. The van der Waals surface area contributed by atoms with E-state index in [4.69, 9.17) is 12.2 Å². The van der Waals surface area contributed by atoms with E-state index >= 15 is 0 Å². The summed E-state index contributed by atoms with van der Waals surface area (Å²) >= 11 is 5.61. The van der Waals surface area contributed by atoms with Gasteiger partial charge in [0.05, 0.1) is 11.5 Å². The van der Waals surface area contributed by atoms with Crippen LogP contribution in [-0.2, 0) is 22.9 Å². The van der Waals surface area contributed by atoms with Crippen LogP contribution in [0.25, 0.3) is 0 Å². The van der Waals surface area contributed by atoms with Gasteiger partial charge in [-0.2, -0.15) is 0 Å². The number of benzene rings is 2. The molecule has 0 aliphatic carbocycles. The van der Waals surface area contributed by atoms with Crippen molar-refractivity contribution in [3.05, 3.63) is 71.8 Å². The van der Waals surface area contributed by atoms with Crippen LogP contribution in [0.1, 0.15) is 17.5 Å². The van der Waals surface area contributed by atoms with Crippen LogP contribution < -0.4 is 5.32 Å². The second-order valence-electron chi connectivity index (χ2n) is 6.31. The van der Waals surface area contributed by atoms with Gasteiger partial charge in [-0.25, -0.2) is 8.42 Å². The summed E-state index contributed by atoms with van der Waals surface area (Å²) in [7, 11) is -2.96. The zero-order valence-corrected chi connectivity index (χ0v) is 15.6. The van der Waals surface area contributed by atoms with Crippen molar-refractivity contribution >= 4 is 27.2 Å². The number of hydrogen-bond acceptors (Lipinski definition) is 3. The molecule has 25 heavy (non-hydrogen) atoms. The fourth-order valence-corrected chi connectivity index (χ4v) is 5.06. The van der Waals surface area contributed by atoms with Crippen molar-refractivity contribution in [1.82, 2.24) is 10.2 Å². The highest BCUT2D eigenvalue weighted by Gasteiger charge is 2.33. The van der Waals surface area contributed by atoms with Crippen molar-refractivity contribution in [2.75, 3.05) is 11.5 Å². The Balaban J connectivity index is 1.72. The molecule has 1 aliphatic heterocycles. The molecule has 4 nitrogen and oxygen atoms in total. The molecule has 0 radical (unpaired) electrons. The minimum Gasteiger partial charge on any atom is -0.358 e. The monoisotopic (exact) mass is 374 g/mol. The fourth-order valence-electron chi connectivity index (χ4n) is 3.04. The van der Waals surface area contributed by atoms with Crippen molar-refractivity contribution in [1.29, 1.82) is 0 Å². The summed E-state index contributed by atoms with van der Waals surface area (Å²) in [6, 6.07) is 20.0. The summed E-state index contributed by atoms with van der Waals surface area (Å²) in [6.45, 7) is 1.24. The molecular formula is C19H22N2O2S2. The molecule has 1 N–H and O–H groups in total. The topological polar surface area (TPSA) is 49.4 Å².